The van der Waals surface area contributed by atoms with Crippen LogP contribution in [0.25, 0.3) is 0 Å². The van der Waals surface area contributed by atoms with Crippen molar-refractivity contribution in [2.75, 3.05) is 6.61 Å². The molecule has 9 heteroatoms. The van der Waals surface area contributed by atoms with Crippen molar-refractivity contribution in [2.45, 2.75) is 90.1 Å². The maximum Gasteiger partial charge on any atom is 0.334 e. The van der Waals surface area contributed by atoms with E-state index >= 15 is 0 Å². The Kier molecular flexibility index (Phi) is 5.40. The Morgan fingerprint density at radius 2 is 1.77 bits per heavy atom. The van der Waals surface area contributed by atoms with Crippen molar-refractivity contribution < 1.29 is 43.2 Å². The Morgan fingerprint density at radius 3 is 2.43 bits per heavy atom. The average molecular weight is 491 g/mol. The second kappa shape index (κ2) is 7.79. The van der Waals surface area contributed by atoms with Crippen LogP contribution in [0.4, 0.5) is 0 Å². The highest BCUT2D eigenvalue weighted by Crippen LogP contribution is 2.73. The van der Waals surface area contributed by atoms with Gasteiger partial charge >= 0.3 is 23.9 Å². The van der Waals surface area contributed by atoms with Gasteiger partial charge in [-0.2, -0.15) is 0 Å². The van der Waals surface area contributed by atoms with Gasteiger partial charge in [-0.25, -0.2) is 4.79 Å². The smallest absolute Gasteiger partial charge is 0.334 e. The van der Waals surface area contributed by atoms with Crippen molar-refractivity contribution in [2.24, 2.45) is 28.6 Å². The molecule has 2 bridgehead atoms. The number of hydrogen-bond donors (Lipinski definition) is 1. The third-order valence-electron chi connectivity index (χ3n) is 9.58. The summed E-state index contributed by atoms with van der Waals surface area (Å²) in [7, 11) is 0. The van der Waals surface area contributed by atoms with Crippen LogP contribution in [0.3, 0.4) is 0 Å². The summed E-state index contributed by atoms with van der Waals surface area (Å²) in [5.74, 6) is -3.55. The summed E-state index contributed by atoms with van der Waals surface area (Å²) in [6.07, 6.45) is 4.97. The first-order valence-corrected chi connectivity index (χ1v) is 12.5. The largest absolute Gasteiger partial charge is 0.462 e. The Balaban J connectivity index is 1.52. The van der Waals surface area contributed by atoms with Gasteiger partial charge in [-0.3, -0.25) is 14.4 Å². The van der Waals surface area contributed by atoms with Crippen LogP contribution in [0, 0.1) is 28.6 Å². The normalized spacial score (nSPS) is 45.3. The average Bonchev–Trinajstić information content (AvgIpc) is 3.15. The maximum atomic E-state index is 12.3. The number of esters is 4. The van der Waals surface area contributed by atoms with E-state index in [0.29, 0.717) is 31.3 Å². The SMILES string of the molecule is CC(=O)OC[C@@]1(OC(C)=O)C[C@]23C[C@H]1CCC2[C@]1(C)CC[C@@]2(OC(C)=O)OC(=O)C=C2C1[C@H](O)C3. The lowest BCUT2D eigenvalue weighted by atomic mass is 9.43. The molecule has 0 aromatic heterocycles. The fourth-order valence-electron chi connectivity index (χ4n) is 8.84. The molecule has 4 saturated carbocycles. The monoisotopic (exact) mass is 490 g/mol. The van der Waals surface area contributed by atoms with Crippen LogP contribution in [-0.4, -0.2) is 53.1 Å². The summed E-state index contributed by atoms with van der Waals surface area (Å²) in [4.78, 5) is 48.0. The van der Waals surface area contributed by atoms with E-state index in [0.717, 1.165) is 19.3 Å². The summed E-state index contributed by atoms with van der Waals surface area (Å²) in [5.41, 5.74) is -1.02. The predicted molar refractivity (Wildman–Crippen MR) is 119 cm³/mol. The first-order valence-electron chi connectivity index (χ1n) is 12.5. The topological polar surface area (TPSA) is 125 Å². The van der Waals surface area contributed by atoms with E-state index < -0.39 is 47.3 Å². The van der Waals surface area contributed by atoms with Gasteiger partial charge in [-0.15, -0.1) is 0 Å². The number of ether oxygens (including phenoxy) is 4. The van der Waals surface area contributed by atoms with Gasteiger partial charge < -0.3 is 24.1 Å². The minimum absolute atomic E-state index is 0.0142. The number of rotatable bonds is 4. The second-order valence-electron chi connectivity index (χ2n) is 11.6. The van der Waals surface area contributed by atoms with Crippen molar-refractivity contribution in [3.05, 3.63) is 11.6 Å². The molecule has 9 nitrogen and oxygen atoms in total. The van der Waals surface area contributed by atoms with Gasteiger partial charge in [0.15, 0.2) is 0 Å². The van der Waals surface area contributed by atoms with Gasteiger partial charge in [0.05, 0.1) is 6.10 Å². The lowest BCUT2D eigenvalue weighted by Gasteiger charge is -2.63. The molecule has 0 saturated heterocycles. The molecule has 1 spiro atoms. The molecule has 4 aliphatic carbocycles. The molecule has 1 N–H and O–H groups in total. The van der Waals surface area contributed by atoms with Crippen molar-refractivity contribution in [1.82, 2.24) is 0 Å². The fraction of sp³-hybridized carbons (Fsp3) is 0.769. The zero-order chi connectivity index (χ0) is 25.4. The molecule has 0 aromatic carbocycles. The van der Waals surface area contributed by atoms with Crippen molar-refractivity contribution >= 4 is 23.9 Å². The highest BCUT2D eigenvalue weighted by atomic mass is 16.7. The molecule has 1 aliphatic heterocycles. The minimum Gasteiger partial charge on any atom is -0.462 e. The molecule has 8 atom stereocenters. The molecule has 4 fully saturated rings. The van der Waals surface area contributed by atoms with E-state index in [9.17, 15) is 24.3 Å². The standard InChI is InChI=1S/C26H34O9/c1-14(27)32-13-25(33-15(2)28)12-24-10-17(25)5-6-20(24)23(4)7-8-26(34-16(3)29)18(9-21(31)35-26)22(23)19(30)11-24/h9,17,19-20,22,30H,5-8,10-13H2,1-4H3/t17-,19-,20?,22?,23+,24-,25+,26-/m1/s1. The number of fused-ring (bicyclic) bond motifs is 5. The second-order valence-corrected chi connectivity index (χ2v) is 11.6. The molecule has 5 aliphatic rings. The van der Waals surface area contributed by atoms with Gasteiger partial charge in [0.1, 0.15) is 12.2 Å². The highest BCUT2D eigenvalue weighted by Gasteiger charge is 2.72. The van der Waals surface area contributed by atoms with E-state index in [1.807, 2.05) is 0 Å². The third-order valence-corrected chi connectivity index (χ3v) is 9.58. The van der Waals surface area contributed by atoms with Gasteiger partial charge in [-0.1, -0.05) is 6.92 Å². The molecule has 2 unspecified atom stereocenters. The summed E-state index contributed by atoms with van der Waals surface area (Å²) >= 11 is 0. The van der Waals surface area contributed by atoms with Gasteiger partial charge in [0.2, 0.25) is 0 Å². The number of hydrogen-bond acceptors (Lipinski definition) is 9. The summed E-state index contributed by atoms with van der Waals surface area (Å²) in [6, 6.07) is 0. The van der Waals surface area contributed by atoms with Crippen LogP contribution in [0.5, 0.6) is 0 Å². The Morgan fingerprint density at radius 1 is 1.06 bits per heavy atom. The zero-order valence-corrected chi connectivity index (χ0v) is 20.8. The molecule has 0 aromatic rings. The molecule has 192 valence electrons. The van der Waals surface area contributed by atoms with Crippen LogP contribution in [0.1, 0.15) is 72.6 Å². The lowest BCUT2D eigenvalue weighted by molar-refractivity contribution is -0.236. The quantitative estimate of drug-likeness (QED) is 0.467. The fourth-order valence-corrected chi connectivity index (χ4v) is 8.84. The maximum absolute atomic E-state index is 12.3. The number of aliphatic hydroxyl groups excluding tert-OH is 1. The highest BCUT2D eigenvalue weighted by molar-refractivity contribution is 5.87. The Hall–Kier alpha value is -2.42. The van der Waals surface area contributed by atoms with Crippen LogP contribution in [0.2, 0.25) is 0 Å². The summed E-state index contributed by atoms with van der Waals surface area (Å²) in [5, 5.41) is 11.6. The predicted octanol–water partition coefficient (Wildman–Crippen LogP) is 2.58. The first-order chi connectivity index (χ1) is 16.3. The van der Waals surface area contributed by atoms with E-state index in [4.69, 9.17) is 18.9 Å². The summed E-state index contributed by atoms with van der Waals surface area (Å²) < 4.78 is 22.4. The van der Waals surface area contributed by atoms with Crippen LogP contribution in [0.15, 0.2) is 11.6 Å². The molecule has 0 radical (unpaired) electrons. The van der Waals surface area contributed by atoms with E-state index in [1.54, 1.807) is 0 Å². The zero-order valence-electron chi connectivity index (χ0n) is 20.8. The van der Waals surface area contributed by atoms with Gasteiger partial charge in [0.25, 0.3) is 5.79 Å². The Bertz CT molecular complexity index is 1020. The molecule has 35 heavy (non-hydrogen) atoms. The molecule has 1 heterocycles. The first kappa shape index (κ1) is 24.3. The van der Waals surface area contributed by atoms with E-state index in [-0.39, 0.29) is 29.3 Å². The molecular weight excluding hydrogens is 456 g/mol. The van der Waals surface area contributed by atoms with Gasteiger partial charge in [0, 0.05) is 50.7 Å². The van der Waals surface area contributed by atoms with Crippen LogP contribution >= 0.6 is 0 Å². The van der Waals surface area contributed by atoms with Crippen LogP contribution < -0.4 is 0 Å². The van der Waals surface area contributed by atoms with E-state index in [1.165, 1.54) is 26.8 Å². The third kappa shape index (κ3) is 3.52. The molecular formula is C26H34O9. The lowest BCUT2D eigenvalue weighted by Crippen LogP contribution is -2.61. The van der Waals surface area contributed by atoms with Crippen LogP contribution in [-0.2, 0) is 38.1 Å². The van der Waals surface area contributed by atoms with Crippen molar-refractivity contribution in [1.29, 1.82) is 0 Å². The van der Waals surface area contributed by atoms with Gasteiger partial charge in [-0.05, 0) is 55.3 Å². The number of carbonyl (C=O) groups excluding carboxylic acids is 4. The number of carbonyl (C=O) groups is 4. The molecule has 5 rings (SSSR count). The Labute approximate surface area is 204 Å². The minimum atomic E-state index is -1.44. The van der Waals surface area contributed by atoms with Crippen molar-refractivity contribution in [3.63, 3.8) is 0 Å². The van der Waals surface area contributed by atoms with Crippen molar-refractivity contribution in [3.8, 4) is 0 Å². The molecule has 0 amide bonds. The summed E-state index contributed by atoms with van der Waals surface area (Å²) in [6.45, 7) is 6.18. The number of aliphatic hydroxyl groups is 1. The van der Waals surface area contributed by atoms with E-state index in [2.05, 4.69) is 6.92 Å².